The Kier molecular flexibility index (Phi) is 4.92. The van der Waals surface area contributed by atoms with Gasteiger partial charge in [-0.25, -0.2) is 9.59 Å². The van der Waals surface area contributed by atoms with Gasteiger partial charge in [0.25, 0.3) is 0 Å². The molecule has 2 amide bonds. The smallest absolute Gasteiger partial charge is 0.334 e. The van der Waals surface area contributed by atoms with Crippen LogP contribution >= 0.6 is 11.3 Å². The molecule has 0 aliphatic carbocycles. The van der Waals surface area contributed by atoms with Crippen molar-refractivity contribution in [2.24, 2.45) is 0 Å². The average Bonchev–Trinajstić information content (AvgIpc) is 2.78. The second-order valence-electron chi connectivity index (χ2n) is 3.45. The lowest BCUT2D eigenvalue weighted by Crippen LogP contribution is -2.42. The molecule has 0 radical (unpaired) electrons. The Hall–Kier alpha value is -1.60. The van der Waals surface area contributed by atoms with Crippen LogP contribution in [0.3, 0.4) is 0 Å². The van der Waals surface area contributed by atoms with Crippen LogP contribution in [-0.2, 0) is 4.79 Å². The highest BCUT2D eigenvalue weighted by molar-refractivity contribution is 7.10. The van der Waals surface area contributed by atoms with Crippen molar-refractivity contribution in [3.63, 3.8) is 0 Å². The lowest BCUT2D eigenvalue weighted by molar-refractivity contribution is -0.146. The van der Waals surface area contributed by atoms with Crippen LogP contribution in [0.15, 0.2) is 17.5 Å². The van der Waals surface area contributed by atoms with Crippen LogP contribution in [0.25, 0.3) is 0 Å². The van der Waals surface area contributed by atoms with E-state index in [4.69, 9.17) is 10.2 Å². The van der Waals surface area contributed by atoms with Crippen LogP contribution in [-0.4, -0.2) is 34.9 Å². The number of rotatable bonds is 5. The van der Waals surface area contributed by atoms with Crippen molar-refractivity contribution < 1.29 is 19.8 Å². The highest BCUT2D eigenvalue weighted by Crippen LogP contribution is 2.17. The maximum atomic E-state index is 11.4. The number of thiophene rings is 1. The van der Waals surface area contributed by atoms with Crippen molar-refractivity contribution in [1.29, 1.82) is 0 Å². The van der Waals surface area contributed by atoms with Crippen LogP contribution in [0, 0.1) is 0 Å². The number of carbonyl (C=O) groups is 2. The molecule has 17 heavy (non-hydrogen) atoms. The van der Waals surface area contributed by atoms with Gasteiger partial charge < -0.3 is 20.8 Å². The molecule has 1 heterocycles. The molecule has 0 fully saturated rings. The molecule has 0 bridgehead atoms. The maximum Gasteiger partial charge on any atom is 0.334 e. The van der Waals surface area contributed by atoms with Gasteiger partial charge in [0.1, 0.15) is 0 Å². The molecule has 7 heteroatoms. The van der Waals surface area contributed by atoms with Gasteiger partial charge in [0.05, 0.1) is 12.6 Å². The number of nitrogens with one attached hydrogen (secondary N) is 2. The molecule has 1 unspecified atom stereocenters. The summed E-state index contributed by atoms with van der Waals surface area (Å²) in [6, 6.07) is 3.11. The molecule has 2 atom stereocenters. The maximum absolute atomic E-state index is 11.4. The normalized spacial score (nSPS) is 13.8. The summed E-state index contributed by atoms with van der Waals surface area (Å²) >= 11 is 1.52. The van der Waals surface area contributed by atoms with Crippen LogP contribution < -0.4 is 10.6 Å². The lowest BCUT2D eigenvalue weighted by Gasteiger charge is -2.13. The summed E-state index contributed by atoms with van der Waals surface area (Å²) in [5.74, 6) is -1.36. The topological polar surface area (TPSA) is 98.7 Å². The van der Waals surface area contributed by atoms with Crippen molar-refractivity contribution in [2.45, 2.75) is 19.1 Å². The molecule has 1 rings (SSSR count). The molecule has 94 valence electrons. The van der Waals surface area contributed by atoms with Crippen molar-refractivity contribution in [2.75, 3.05) is 6.54 Å². The van der Waals surface area contributed by atoms with E-state index in [2.05, 4.69) is 10.6 Å². The number of hydrogen-bond acceptors (Lipinski definition) is 4. The van der Waals surface area contributed by atoms with Crippen molar-refractivity contribution in [3.05, 3.63) is 22.4 Å². The first-order chi connectivity index (χ1) is 8.00. The largest absolute Gasteiger partial charge is 0.479 e. The van der Waals surface area contributed by atoms with Gasteiger partial charge in [0.15, 0.2) is 6.10 Å². The number of aliphatic carboxylic acids is 1. The van der Waals surface area contributed by atoms with E-state index in [1.807, 2.05) is 24.4 Å². The standard InChI is InChI=1S/C10H14N2O4S/c1-6(8-3-2-4-17-8)12-10(16)11-5-7(13)9(14)15/h2-4,6-7,13H,5H2,1H3,(H,14,15)(H2,11,12,16)/t6?,7-/m0/s1. The number of amides is 2. The van der Waals surface area contributed by atoms with E-state index >= 15 is 0 Å². The fourth-order valence-electron chi connectivity index (χ4n) is 1.13. The van der Waals surface area contributed by atoms with Gasteiger partial charge in [0.2, 0.25) is 0 Å². The number of aliphatic hydroxyl groups excluding tert-OH is 1. The van der Waals surface area contributed by atoms with Crippen molar-refractivity contribution in [1.82, 2.24) is 10.6 Å². The highest BCUT2D eigenvalue weighted by Gasteiger charge is 2.15. The minimum absolute atomic E-state index is 0.156. The second kappa shape index (κ2) is 6.21. The van der Waals surface area contributed by atoms with Crippen LogP contribution in [0.4, 0.5) is 4.79 Å². The summed E-state index contributed by atoms with van der Waals surface area (Å²) in [6.07, 6.45) is -1.59. The Morgan fingerprint density at radius 2 is 2.24 bits per heavy atom. The molecule has 1 aromatic heterocycles. The molecule has 0 saturated carbocycles. The molecular formula is C10H14N2O4S. The van der Waals surface area contributed by atoms with Gasteiger partial charge in [-0.05, 0) is 18.4 Å². The number of aliphatic hydroxyl groups is 1. The quantitative estimate of drug-likeness (QED) is 0.620. The minimum atomic E-state index is -1.59. The van der Waals surface area contributed by atoms with Gasteiger partial charge in [-0.2, -0.15) is 0 Å². The van der Waals surface area contributed by atoms with Crippen LogP contribution in [0.1, 0.15) is 17.8 Å². The average molecular weight is 258 g/mol. The molecule has 6 nitrogen and oxygen atoms in total. The first kappa shape index (κ1) is 13.5. The predicted molar refractivity (Wildman–Crippen MR) is 62.9 cm³/mol. The van der Waals surface area contributed by atoms with E-state index in [0.717, 1.165) is 4.88 Å². The number of carboxylic acid groups (broad SMARTS) is 1. The Labute approximate surface area is 102 Å². The molecule has 0 spiro atoms. The zero-order valence-corrected chi connectivity index (χ0v) is 10.0. The first-order valence-electron chi connectivity index (χ1n) is 4.99. The molecule has 0 aliphatic heterocycles. The Bertz CT molecular complexity index is 380. The van der Waals surface area contributed by atoms with E-state index in [9.17, 15) is 9.59 Å². The predicted octanol–water partition coefficient (Wildman–Crippen LogP) is 0.554. The van der Waals surface area contributed by atoms with Crippen molar-refractivity contribution in [3.8, 4) is 0 Å². The Morgan fingerprint density at radius 1 is 1.53 bits per heavy atom. The van der Waals surface area contributed by atoms with E-state index in [1.165, 1.54) is 11.3 Å². The molecule has 0 aromatic carbocycles. The van der Waals surface area contributed by atoms with Gasteiger partial charge in [-0.3, -0.25) is 0 Å². The van der Waals surface area contributed by atoms with Crippen LogP contribution in [0.2, 0.25) is 0 Å². The number of carboxylic acids is 1. The van der Waals surface area contributed by atoms with Crippen molar-refractivity contribution >= 4 is 23.3 Å². The summed E-state index contributed by atoms with van der Waals surface area (Å²) in [4.78, 5) is 22.7. The van der Waals surface area contributed by atoms with Crippen LogP contribution in [0.5, 0.6) is 0 Å². The Morgan fingerprint density at radius 3 is 2.76 bits per heavy atom. The second-order valence-corrected chi connectivity index (χ2v) is 4.42. The fraction of sp³-hybridized carbons (Fsp3) is 0.400. The highest BCUT2D eigenvalue weighted by atomic mass is 32.1. The first-order valence-corrected chi connectivity index (χ1v) is 5.87. The molecular weight excluding hydrogens is 244 g/mol. The molecule has 4 N–H and O–H groups in total. The van der Waals surface area contributed by atoms with Gasteiger partial charge in [0, 0.05) is 4.88 Å². The van der Waals surface area contributed by atoms with Gasteiger partial charge >= 0.3 is 12.0 Å². The zero-order chi connectivity index (χ0) is 12.8. The third-order valence-electron chi connectivity index (χ3n) is 2.06. The van der Waals surface area contributed by atoms with Gasteiger partial charge in [-0.1, -0.05) is 6.07 Å². The third kappa shape index (κ3) is 4.41. The van der Waals surface area contributed by atoms with Gasteiger partial charge in [-0.15, -0.1) is 11.3 Å². The Balaban J connectivity index is 2.32. The summed E-state index contributed by atoms with van der Waals surface area (Å²) in [7, 11) is 0. The van der Waals surface area contributed by atoms with E-state index in [-0.39, 0.29) is 12.6 Å². The number of hydrogen-bond donors (Lipinski definition) is 4. The third-order valence-corrected chi connectivity index (χ3v) is 3.11. The summed E-state index contributed by atoms with van der Waals surface area (Å²) in [5, 5.41) is 24.2. The lowest BCUT2D eigenvalue weighted by atomic mass is 10.3. The molecule has 0 aliphatic rings. The summed E-state index contributed by atoms with van der Waals surface area (Å²) in [6.45, 7) is 1.50. The fourth-order valence-corrected chi connectivity index (χ4v) is 1.87. The molecule has 0 saturated heterocycles. The summed E-state index contributed by atoms with van der Waals surface area (Å²) < 4.78 is 0. The van der Waals surface area contributed by atoms with E-state index < -0.39 is 18.1 Å². The monoisotopic (exact) mass is 258 g/mol. The molecule has 1 aromatic rings. The van der Waals surface area contributed by atoms with E-state index in [1.54, 1.807) is 0 Å². The number of urea groups is 1. The number of carbonyl (C=O) groups excluding carboxylic acids is 1. The van der Waals surface area contributed by atoms with E-state index in [0.29, 0.717) is 0 Å². The summed E-state index contributed by atoms with van der Waals surface area (Å²) in [5.41, 5.74) is 0. The minimum Gasteiger partial charge on any atom is -0.479 e. The SMILES string of the molecule is CC(NC(=O)NC[C@H](O)C(=O)O)c1cccs1. The zero-order valence-electron chi connectivity index (χ0n) is 9.21.